The number of aryl methyl sites for hydroxylation is 2. The van der Waals surface area contributed by atoms with Crippen LogP contribution in [0.1, 0.15) is 33.4 Å². The van der Waals surface area contributed by atoms with Gasteiger partial charge in [-0.1, -0.05) is 46.5 Å². The number of hydrogen-bond donors (Lipinski definition) is 0. The fraction of sp³-hybridized carbons (Fsp3) is 0.294. The van der Waals surface area contributed by atoms with Gasteiger partial charge in [-0.2, -0.15) is 26.3 Å². The molecule has 0 unspecified atom stereocenters. The second-order valence-electron chi connectivity index (χ2n) is 5.74. The molecule has 0 fully saturated rings. The topological polar surface area (TPSA) is 0 Å². The van der Waals surface area contributed by atoms with E-state index in [2.05, 4.69) is 0 Å². The molecule has 0 radical (unpaired) electrons. The molecule has 136 valence electrons. The Hall–Kier alpha value is -1.40. The van der Waals surface area contributed by atoms with Crippen LogP contribution in [0.25, 0.3) is 0 Å². The van der Waals surface area contributed by atoms with Gasteiger partial charge < -0.3 is 0 Å². The number of hydrogen-bond acceptors (Lipinski definition) is 0. The third-order valence-electron chi connectivity index (χ3n) is 3.58. The first-order chi connectivity index (χ1) is 11.3. The van der Waals surface area contributed by atoms with Crippen LogP contribution in [0, 0.1) is 13.8 Å². The number of rotatable bonds is 2. The molecule has 2 aromatic carbocycles. The maximum Gasteiger partial charge on any atom is 0.417 e. The van der Waals surface area contributed by atoms with E-state index in [1.165, 1.54) is 26.0 Å². The van der Waals surface area contributed by atoms with Crippen LogP contribution in [-0.4, -0.2) is 0 Å². The molecule has 2 aromatic rings. The molecule has 8 heteroatoms. The first-order valence-electron chi connectivity index (χ1n) is 7.03. The van der Waals surface area contributed by atoms with Gasteiger partial charge in [0.25, 0.3) is 0 Å². The van der Waals surface area contributed by atoms with Crippen LogP contribution in [-0.2, 0) is 18.8 Å². The summed E-state index contributed by atoms with van der Waals surface area (Å²) < 4.78 is 78.3. The second kappa shape index (κ2) is 6.72. The molecule has 0 nitrogen and oxygen atoms in total. The van der Waals surface area contributed by atoms with Crippen molar-refractivity contribution in [1.82, 2.24) is 0 Å². The number of benzene rings is 2. The predicted molar refractivity (Wildman–Crippen MR) is 85.2 cm³/mol. The minimum Gasteiger partial charge on any atom is -0.166 e. The average Bonchev–Trinajstić information content (AvgIpc) is 2.43. The van der Waals surface area contributed by atoms with Crippen LogP contribution >= 0.6 is 23.2 Å². The fourth-order valence-corrected chi connectivity index (χ4v) is 3.13. The third kappa shape index (κ3) is 4.42. The Bertz CT molecular complexity index is 739. The quantitative estimate of drug-likeness (QED) is 0.466. The maximum absolute atomic E-state index is 13.1. The van der Waals surface area contributed by atoms with E-state index in [9.17, 15) is 26.3 Å². The third-order valence-corrected chi connectivity index (χ3v) is 4.47. The lowest BCUT2D eigenvalue weighted by molar-refractivity contribution is -0.138. The number of alkyl halides is 6. The van der Waals surface area contributed by atoms with Crippen molar-refractivity contribution in [3.8, 4) is 0 Å². The zero-order valence-corrected chi connectivity index (χ0v) is 14.6. The minimum atomic E-state index is -4.66. The molecule has 0 spiro atoms. The van der Waals surface area contributed by atoms with Crippen molar-refractivity contribution in [3.63, 3.8) is 0 Å². The van der Waals surface area contributed by atoms with E-state index in [0.717, 1.165) is 12.1 Å². The summed E-state index contributed by atoms with van der Waals surface area (Å²) in [6.45, 7) is 2.90. The van der Waals surface area contributed by atoms with Gasteiger partial charge in [-0.05, 0) is 37.1 Å². The summed E-state index contributed by atoms with van der Waals surface area (Å²) in [6.07, 6.45) is -9.57. The van der Waals surface area contributed by atoms with Gasteiger partial charge in [-0.3, -0.25) is 0 Å². The van der Waals surface area contributed by atoms with Crippen LogP contribution in [0.4, 0.5) is 26.3 Å². The monoisotopic (exact) mass is 400 g/mol. The molecule has 0 atom stereocenters. The molecule has 0 saturated heterocycles. The summed E-state index contributed by atoms with van der Waals surface area (Å²) in [7, 11) is 0. The molecule has 0 heterocycles. The molecule has 0 N–H and O–H groups in total. The molecule has 2 rings (SSSR count). The summed E-state index contributed by atoms with van der Waals surface area (Å²) in [5, 5.41) is -1.08. The average molecular weight is 401 g/mol. The highest BCUT2D eigenvalue weighted by molar-refractivity contribution is 6.33. The highest BCUT2D eigenvalue weighted by Gasteiger charge is 2.36. The Balaban J connectivity index is 2.58. The standard InChI is InChI=1S/C17H12Cl2F6/c1-8-3-10(14(18)12(5-8)16(20,21)22)7-11-4-9(2)6-13(15(11)19)17(23,24)25/h3-6H,7H2,1-2H3. The minimum absolute atomic E-state index is 0.0645. The van der Waals surface area contributed by atoms with E-state index < -0.39 is 33.5 Å². The van der Waals surface area contributed by atoms with E-state index in [4.69, 9.17) is 23.2 Å². The highest BCUT2D eigenvalue weighted by Crippen LogP contribution is 2.40. The van der Waals surface area contributed by atoms with E-state index in [1.54, 1.807) is 0 Å². The zero-order valence-electron chi connectivity index (χ0n) is 13.0. The van der Waals surface area contributed by atoms with Crippen molar-refractivity contribution < 1.29 is 26.3 Å². The maximum atomic E-state index is 13.1. The van der Waals surface area contributed by atoms with Gasteiger partial charge in [0.05, 0.1) is 21.2 Å². The van der Waals surface area contributed by atoms with Gasteiger partial charge in [-0.25, -0.2) is 0 Å². The van der Waals surface area contributed by atoms with Gasteiger partial charge in [0.1, 0.15) is 0 Å². The van der Waals surface area contributed by atoms with E-state index in [-0.39, 0.29) is 17.5 Å². The lowest BCUT2D eigenvalue weighted by atomic mass is 9.97. The summed E-state index contributed by atoms with van der Waals surface area (Å²) in [6, 6.07) is 4.60. The molecular weight excluding hydrogens is 389 g/mol. The van der Waals surface area contributed by atoms with Gasteiger partial charge >= 0.3 is 12.4 Å². The second-order valence-corrected chi connectivity index (χ2v) is 6.50. The largest absolute Gasteiger partial charge is 0.417 e. The van der Waals surface area contributed by atoms with E-state index in [0.29, 0.717) is 11.1 Å². The molecule has 25 heavy (non-hydrogen) atoms. The molecule has 0 bridgehead atoms. The predicted octanol–water partition coefficient (Wildman–Crippen LogP) is 7.24. The van der Waals surface area contributed by atoms with Crippen LogP contribution in [0.15, 0.2) is 24.3 Å². The fourth-order valence-electron chi connectivity index (χ4n) is 2.56. The van der Waals surface area contributed by atoms with Gasteiger partial charge in [-0.15, -0.1) is 0 Å². The van der Waals surface area contributed by atoms with Crippen molar-refractivity contribution in [3.05, 3.63) is 67.7 Å². The lowest BCUT2D eigenvalue weighted by Crippen LogP contribution is -2.10. The van der Waals surface area contributed by atoms with Crippen molar-refractivity contribution in [1.29, 1.82) is 0 Å². The summed E-state index contributed by atoms with van der Waals surface area (Å²) >= 11 is 11.7. The highest BCUT2D eigenvalue weighted by atomic mass is 35.5. The van der Waals surface area contributed by atoms with Crippen LogP contribution in [0.5, 0.6) is 0 Å². The Morgan fingerprint density at radius 2 is 1.00 bits per heavy atom. The summed E-state index contributed by atoms with van der Waals surface area (Å²) in [5.74, 6) is 0. The Morgan fingerprint density at radius 1 is 0.680 bits per heavy atom. The van der Waals surface area contributed by atoms with Crippen molar-refractivity contribution in [2.75, 3.05) is 0 Å². The Kier molecular flexibility index (Phi) is 5.36. The SMILES string of the molecule is Cc1cc(Cc2cc(C)cc(C(F)(F)F)c2Cl)c(Cl)c(C(F)(F)F)c1. The summed E-state index contributed by atoms with van der Waals surface area (Å²) in [4.78, 5) is 0. The van der Waals surface area contributed by atoms with Crippen molar-refractivity contribution in [2.24, 2.45) is 0 Å². The molecule has 0 amide bonds. The lowest BCUT2D eigenvalue weighted by Gasteiger charge is -2.17. The Morgan fingerprint density at radius 3 is 1.28 bits per heavy atom. The molecule has 0 aromatic heterocycles. The zero-order chi connectivity index (χ0) is 19.2. The molecule has 0 aliphatic heterocycles. The number of halogens is 8. The first-order valence-corrected chi connectivity index (χ1v) is 7.78. The van der Waals surface area contributed by atoms with Gasteiger partial charge in [0.15, 0.2) is 0 Å². The van der Waals surface area contributed by atoms with Crippen LogP contribution < -0.4 is 0 Å². The summed E-state index contributed by atoms with van der Waals surface area (Å²) in [5.41, 5.74) is -1.32. The molecule has 0 aliphatic carbocycles. The van der Waals surface area contributed by atoms with E-state index in [1.807, 2.05) is 0 Å². The molecule has 0 aliphatic rings. The Labute approximate surface area is 150 Å². The normalized spacial score (nSPS) is 12.6. The van der Waals surface area contributed by atoms with Crippen LogP contribution in [0.2, 0.25) is 10.0 Å². The van der Waals surface area contributed by atoms with Crippen molar-refractivity contribution >= 4 is 23.2 Å². The molecule has 0 saturated carbocycles. The first kappa shape index (κ1) is 19.9. The van der Waals surface area contributed by atoms with Gasteiger partial charge in [0, 0.05) is 6.42 Å². The van der Waals surface area contributed by atoms with Crippen LogP contribution in [0.3, 0.4) is 0 Å². The van der Waals surface area contributed by atoms with Crippen molar-refractivity contribution in [2.45, 2.75) is 32.6 Å². The van der Waals surface area contributed by atoms with E-state index >= 15 is 0 Å². The molecular formula is C17H12Cl2F6. The van der Waals surface area contributed by atoms with Gasteiger partial charge in [0.2, 0.25) is 0 Å². The smallest absolute Gasteiger partial charge is 0.166 e.